The maximum Gasteiger partial charge on any atom is 0.317 e. The highest BCUT2D eigenvalue weighted by molar-refractivity contribution is 5.78. The number of carboxylic acid groups (broad SMARTS) is 1. The molecule has 1 saturated heterocycles. The van der Waals surface area contributed by atoms with Gasteiger partial charge in [0, 0.05) is 19.6 Å². The first kappa shape index (κ1) is 15.8. The maximum atomic E-state index is 12.0. The molecule has 1 fully saturated rings. The van der Waals surface area contributed by atoms with Gasteiger partial charge in [-0.1, -0.05) is 13.8 Å². The van der Waals surface area contributed by atoms with Gasteiger partial charge in [0.1, 0.15) is 0 Å². The molecule has 1 aliphatic rings. The van der Waals surface area contributed by atoms with Gasteiger partial charge >= 0.3 is 12.0 Å². The smallest absolute Gasteiger partial charge is 0.317 e. The summed E-state index contributed by atoms with van der Waals surface area (Å²) in [7, 11) is 0. The van der Waals surface area contributed by atoms with Gasteiger partial charge < -0.3 is 20.1 Å². The van der Waals surface area contributed by atoms with Crippen molar-refractivity contribution in [3.8, 4) is 0 Å². The van der Waals surface area contributed by atoms with Crippen molar-refractivity contribution in [2.45, 2.75) is 39.7 Å². The number of carbonyl (C=O) groups is 2. The fourth-order valence-corrected chi connectivity index (χ4v) is 1.89. The van der Waals surface area contributed by atoms with Crippen LogP contribution in [0.2, 0.25) is 0 Å². The lowest BCUT2D eigenvalue weighted by atomic mass is 9.88. The number of rotatable bonds is 5. The van der Waals surface area contributed by atoms with Gasteiger partial charge in [-0.25, -0.2) is 4.79 Å². The molecule has 1 aliphatic heterocycles. The number of aliphatic carboxylic acids is 1. The lowest BCUT2D eigenvalue weighted by Gasteiger charge is -2.33. The quantitative estimate of drug-likeness (QED) is 0.791. The minimum Gasteiger partial charge on any atom is -0.481 e. The van der Waals surface area contributed by atoms with Crippen LogP contribution in [0.15, 0.2) is 0 Å². The van der Waals surface area contributed by atoms with Gasteiger partial charge in [-0.15, -0.1) is 0 Å². The van der Waals surface area contributed by atoms with Crippen molar-refractivity contribution in [3.63, 3.8) is 0 Å². The van der Waals surface area contributed by atoms with Crippen molar-refractivity contribution in [2.75, 3.05) is 26.2 Å². The van der Waals surface area contributed by atoms with E-state index >= 15 is 0 Å². The predicted octanol–water partition coefficient (Wildman–Crippen LogP) is 1.31. The van der Waals surface area contributed by atoms with Gasteiger partial charge in [-0.2, -0.15) is 0 Å². The Morgan fingerprint density at radius 2 is 2.16 bits per heavy atom. The first-order chi connectivity index (χ1) is 8.92. The van der Waals surface area contributed by atoms with Crippen LogP contribution in [0.1, 0.15) is 33.6 Å². The summed E-state index contributed by atoms with van der Waals surface area (Å²) >= 11 is 0. The summed E-state index contributed by atoms with van der Waals surface area (Å²) in [4.78, 5) is 24.9. The number of amides is 2. The number of hydrogen-bond donors (Lipinski definition) is 2. The summed E-state index contributed by atoms with van der Waals surface area (Å²) in [5.74, 6) is -0.885. The number of carboxylic acids is 1. The van der Waals surface area contributed by atoms with Crippen LogP contribution in [0.3, 0.4) is 0 Å². The van der Waals surface area contributed by atoms with Gasteiger partial charge in [0.25, 0.3) is 0 Å². The average Bonchev–Trinajstić information content (AvgIpc) is 2.44. The van der Waals surface area contributed by atoms with Crippen LogP contribution >= 0.6 is 0 Å². The van der Waals surface area contributed by atoms with Crippen LogP contribution in [0, 0.1) is 5.41 Å². The zero-order valence-electron chi connectivity index (χ0n) is 11.9. The number of nitrogens with one attached hydrogen (secondary N) is 1. The van der Waals surface area contributed by atoms with Crippen molar-refractivity contribution in [2.24, 2.45) is 5.41 Å². The number of morpholine rings is 1. The molecule has 19 heavy (non-hydrogen) atoms. The molecule has 1 heterocycles. The molecule has 6 nitrogen and oxygen atoms in total. The molecule has 0 aliphatic carbocycles. The molecule has 0 aromatic rings. The largest absolute Gasteiger partial charge is 0.481 e. The predicted molar refractivity (Wildman–Crippen MR) is 71.0 cm³/mol. The molecular formula is C13H24N2O4. The molecule has 110 valence electrons. The fourth-order valence-electron chi connectivity index (χ4n) is 1.89. The normalized spacial score (nSPS) is 22.7. The summed E-state index contributed by atoms with van der Waals surface area (Å²) < 4.78 is 5.50. The monoisotopic (exact) mass is 272 g/mol. The Morgan fingerprint density at radius 1 is 1.47 bits per heavy atom. The third-order valence-electron chi connectivity index (χ3n) is 3.81. The zero-order chi connectivity index (χ0) is 14.5. The van der Waals surface area contributed by atoms with E-state index in [0.717, 1.165) is 6.42 Å². The maximum absolute atomic E-state index is 12.0. The van der Waals surface area contributed by atoms with Crippen LogP contribution < -0.4 is 5.32 Å². The second-order valence-corrected chi connectivity index (χ2v) is 5.23. The Kier molecular flexibility index (Phi) is 5.60. The Hall–Kier alpha value is -1.30. The lowest BCUT2D eigenvalue weighted by molar-refractivity contribution is -0.147. The van der Waals surface area contributed by atoms with E-state index < -0.39 is 11.4 Å². The van der Waals surface area contributed by atoms with E-state index in [4.69, 9.17) is 9.84 Å². The van der Waals surface area contributed by atoms with E-state index in [2.05, 4.69) is 5.32 Å². The van der Waals surface area contributed by atoms with Crippen LogP contribution in [0.25, 0.3) is 0 Å². The molecule has 1 rings (SSSR count). The Bertz CT molecular complexity index is 335. The number of hydrogen-bond acceptors (Lipinski definition) is 3. The Labute approximate surface area is 114 Å². The summed E-state index contributed by atoms with van der Waals surface area (Å²) in [5.41, 5.74) is -0.911. The molecule has 0 bridgehead atoms. The number of carbonyl (C=O) groups excluding carboxylic acids is 1. The van der Waals surface area contributed by atoms with Gasteiger partial charge in [0.2, 0.25) is 0 Å². The summed E-state index contributed by atoms with van der Waals surface area (Å²) in [6.45, 7) is 7.27. The highest BCUT2D eigenvalue weighted by Crippen LogP contribution is 2.20. The molecule has 0 radical (unpaired) electrons. The minimum atomic E-state index is -0.911. The second kappa shape index (κ2) is 6.75. The molecule has 0 aromatic carbocycles. The van der Waals surface area contributed by atoms with E-state index in [1.54, 1.807) is 11.8 Å². The highest BCUT2D eigenvalue weighted by atomic mass is 16.5. The first-order valence-corrected chi connectivity index (χ1v) is 6.80. The van der Waals surface area contributed by atoms with Gasteiger partial charge in [-0.05, 0) is 19.8 Å². The molecule has 2 unspecified atom stereocenters. The molecular weight excluding hydrogens is 248 g/mol. The third kappa shape index (κ3) is 4.09. The van der Waals surface area contributed by atoms with E-state index in [1.807, 2.05) is 13.8 Å². The first-order valence-electron chi connectivity index (χ1n) is 6.80. The van der Waals surface area contributed by atoms with Crippen molar-refractivity contribution in [1.29, 1.82) is 0 Å². The molecule has 2 amide bonds. The molecule has 6 heteroatoms. The summed E-state index contributed by atoms with van der Waals surface area (Å²) in [6, 6.07) is -0.206. The molecule has 0 spiro atoms. The molecule has 2 atom stereocenters. The molecule has 0 saturated carbocycles. The van der Waals surface area contributed by atoms with E-state index in [1.165, 1.54) is 0 Å². The molecule has 2 N–H and O–H groups in total. The van der Waals surface area contributed by atoms with Crippen molar-refractivity contribution < 1.29 is 19.4 Å². The zero-order valence-corrected chi connectivity index (χ0v) is 11.9. The topological polar surface area (TPSA) is 78.9 Å². The second-order valence-electron chi connectivity index (χ2n) is 5.23. The lowest BCUT2D eigenvalue weighted by Crippen LogP contribution is -2.51. The van der Waals surface area contributed by atoms with Crippen molar-refractivity contribution in [3.05, 3.63) is 0 Å². The average molecular weight is 272 g/mol. The van der Waals surface area contributed by atoms with E-state index in [-0.39, 0.29) is 18.7 Å². The van der Waals surface area contributed by atoms with E-state index in [0.29, 0.717) is 26.1 Å². The fraction of sp³-hybridized carbons (Fsp3) is 0.846. The third-order valence-corrected chi connectivity index (χ3v) is 3.81. The van der Waals surface area contributed by atoms with Crippen LogP contribution in [0.4, 0.5) is 4.79 Å². The molecule has 0 aromatic heterocycles. The van der Waals surface area contributed by atoms with Gasteiger partial charge in [0.05, 0.1) is 18.1 Å². The highest BCUT2D eigenvalue weighted by Gasteiger charge is 2.32. The van der Waals surface area contributed by atoms with Gasteiger partial charge in [0.15, 0.2) is 0 Å². The Balaban J connectivity index is 2.48. The summed E-state index contributed by atoms with van der Waals surface area (Å²) in [5, 5.41) is 11.9. The van der Waals surface area contributed by atoms with Crippen LogP contribution in [-0.4, -0.2) is 54.4 Å². The Morgan fingerprint density at radius 3 is 2.68 bits per heavy atom. The van der Waals surface area contributed by atoms with Crippen molar-refractivity contribution in [1.82, 2.24) is 10.2 Å². The van der Waals surface area contributed by atoms with Crippen LogP contribution in [-0.2, 0) is 9.53 Å². The minimum absolute atomic E-state index is 0.0801. The summed E-state index contributed by atoms with van der Waals surface area (Å²) in [6.07, 6.45) is 1.42. The van der Waals surface area contributed by atoms with Crippen LogP contribution in [0.5, 0.6) is 0 Å². The van der Waals surface area contributed by atoms with Crippen molar-refractivity contribution >= 4 is 12.0 Å². The standard InChI is InChI=1S/C13H24N2O4/c1-4-10-8-15(6-7-19-10)12(18)14-9-13(3,5-2)11(16)17/h10H,4-9H2,1-3H3,(H,14,18)(H,16,17). The number of urea groups is 1. The number of nitrogens with zero attached hydrogens (tertiary/aromatic N) is 1. The van der Waals surface area contributed by atoms with E-state index in [9.17, 15) is 9.59 Å². The SMILES string of the molecule is CCC1CN(C(=O)NCC(C)(CC)C(=O)O)CCO1. The van der Waals surface area contributed by atoms with Gasteiger partial charge in [-0.3, -0.25) is 4.79 Å². The number of ether oxygens (including phenoxy) is 1.